The van der Waals surface area contributed by atoms with Gasteiger partial charge in [-0.25, -0.2) is 0 Å². The van der Waals surface area contributed by atoms with Crippen LogP contribution in [0.1, 0.15) is 25.3 Å². The second-order valence-corrected chi connectivity index (χ2v) is 5.88. The van der Waals surface area contributed by atoms with E-state index in [2.05, 4.69) is 15.5 Å². The summed E-state index contributed by atoms with van der Waals surface area (Å²) in [5.74, 6) is 2.28. The Labute approximate surface area is 146 Å². The minimum absolute atomic E-state index is 0.0448. The molecule has 0 spiro atoms. The number of hydrogen-bond acceptors (Lipinski definition) is 7. The van der Waals surface area contributed by atoms with Crippen LogP contribution < -0.4 is 14.8 Å². The van der Waals surface area contributed by atoms with Gasteiger partial charge in [-0.3, -0.25) is 10.1 Å². The SMILES string of the molecule is CCCOc1ccc(-c2noc(C3CN(C)C(=O)CN3)n2)cc1OC. The molecule has 1 aliphatic heterocycles. The van der Waals surface area contributed by atoms with Crippen LogP contribution >= 0.6 is 0 Å². The third kappa shape index (κ3) is 3.74. The van der Waals surface area contributed by atoms with Gasteiger partial charge in [0.15, 0.2) is 11.5 Å². The molecule has 2 heterocycles. The lowest BCUT2D eigenvalue weighted by molar-refractivity contribution is -0.131. The second kappa shape index (κ2) is 7.52. The lowest BCUT2D eigenvalue weighted by Crippen LogP contribution is -2.47. The zero-order valence-electron chi connectivity index (χ0n) is 14.6. The zero-order chi connectivity index (χ0) is 17.8. The minimum atomic E-state index is -0.169. The highest BCUT2D eigenvalue weighted by atomic mass is 16.5. The first-order valence-corrected chi connectivity index (χ1v) is 8.24. The Kier molecular flexibility index (Phi) is 5.18. The van der Waals surface area contributed by atoms with Gasteiger partial charge in [0.2, 0.25) is 17.6 Å². The molecule has 3 rings (SSSR count). The van der Waals surface area contributed by atoms with E-state index >= 15 is 0 Å². The topological polar surface area (TPSA) is 89.7 Å². The van der Waals surface area contributed by atoms with E-state index in [0.29, 0.717) is 36.4 Å². The first-order valence-electron chi connectivity index (χ1n) is 8.24. The van der Waals surface area contributed by atoms with Crippen molar-refractivity contribution in [3.63, 3.8) is 0 Å². The van der Waals surface area contributed by atoms with Crippen molar-refractivity contribution in [2.45, 2.75) is 19.4 Å². The summed E-state index contributed by atoms with van der Waals surface area (Å²) in [7, 11) is 3.35. The van der Waals surface area contributed by atoms with Crippen molar-refractivity contribution in [1.82, 2.24) is 20.4 Å². The summed E-state index contributed by atoms with van der Waals surface area (Å²) in [5, 5.41) is 7.15. The maximum absolute atomic E-state index is 11.5. The molecular formula is C17H22N4O4. The number of amides is 1. The summed E-state index contributed by atoms with van der Waals surface area (Å²) >= 11 is 0. The molecule has 8 heteroatoms. The number of carbonyl (C=O) groups is 1. The Balaban J connectivity index is 1.79. The summed E-state index contributed by atoms with van der Waals surface area (Å²) < 4.78 is 16.4. The number of likely N-dealkylation sites (N-methyl/N-ethyl adjacent to an activating group) is 1. The number of nitrogens with zero attached hydrogens (tertiary/aromatic N) is 3. The Morgan fingerprint density at radius 3 is 2.96 bits per heavy atom. The average Bonchev–Trinajstić information content (AvgIpc) is 3.12. The molecule has 2 aromatic rings. The van der Waals surface area contributed by atoms with E-state index in [9.17, 15) is 4.79 Å². The molecule has 0 saturated carbocycles. The molecule has 0 bridgehead atoms. The highest BCUT2D eigenvalue weighted by Crippen LogP contribution is 2.32. The lowest BCUT2D eigenvalue weighted by atomic mass is 10.2. The lowest BCUT2D eigenvalue weighted by Gasteiger charge is -2.28. The Morgan fingerprint density at radius 1 is 1.40 bits per heavy atom. The number of piperazine rings is 1. The highest BCUT2D eigenvalue weighted by molar-refractivity contribution is 5.78. The van der Waals surface area contributed by atoms with Crippen molar-refractivity contribution in [2.24, 2.45) is 0 Å². The van der Waals surface area contributed by atoms with E-state index in [1.165, 1.54) is 0 Å². The third-order valence-electron chi connectivity index (χ3n) is 4.01. The van der Waals surface area contributed by atoms with E-state index in [1.54, 1.807) is 19.1 Å². The first-order chi connectivity index (χ1) is 12.1. The van der Waals surface area contributed by atoms with Gasteiger partial charge in [0.1, 0.15) is 6.04 Å². The minimum Gasteiger partial charge on any atom is -0.493 e. The van der Waals surface area contributed by atoms with E-state index in [1.807, 2.05) is 25.1 Å². The monoisotopic (exact) mass is 346 g/mol. The van der Waals surface area contributed by atoms with Gasteiger partial charge in [0, 0.05) is 19.2 Å². The fourth-order valence-electron chi connectivity index (χ4n) is 2.58. The molecule has 1 unspecified atom stereocenters. The summed E-state index contributed by atoms with van der Waals surface area (Å²) in [6.07, 6.45) is 0.921. The predicted molar refractivity (Wildman–Crippen MR) is 90.5 cm³/mol. The van der Waals surface area contributed by atoms with E-state index < -0.39 is 0 Å². The van der Waals surface area contributed by atoms with Crippen LogP contribution in [-0.4, -0.2) is 54.8 Å². The normalized spacial score (nSPS) is 17.6. The molecular weight excluding hydrogens is 324 g/mol. The second-order valence-electron chi connectivity index (χ2n) is 5.88. The van der Waals surface area contributed by atoms with Gasteiger partial charge in [0.05, 0.1) is 20.3 Å². The van der Waals surface area contributed by atoms with Crippen molar-refractivity contribution >= 4 is 5.91 Å². The van der Waals surface area contributed by atoms with Gasteiger partial charge >= 0.3 is 0 Å². The number of benzene rings is 1. The molecule has 1 saturated heterocycles. The van der Waals surface area contributed by atoms with Crippen LogP contribution in [0.5, 0.6) is 11.5 Å². The zero-order valence-corrected chi connectivity index (χ0v) is 14.6. The largest absolute Gasteiger partial charge is 0.493 e. The number of nitrogens with one attached hydrogen (secondary N) is 1. The Bertz CT molecular complexity index is 746. The third-order valence-corrected chi connectivity index (χ3v) is 4.01. The van der Waals surface area contributed by atoms with Crippen molar-refractivity contribution in [1.29, 1.82) is 0 Å². The maximum atomic E-state index is 11.5. The molecule has 134 valence electrons. The van der Waals surface area contributed by atoms with Crippen molar-refractivity contribution in [2.75, 3.05) is 33.9 Å². The molecule has 1 N–H and O–H groups in total. The smallest absolute Gasteiger partial charge is 0.245 e. The molecule has 1 aromatic heterocycles. The number of carbonyl (C=O) groups excluding carboxylic acids is 1. The van der Waals surface area contributed by atoms with Gasteiger partial charge in [-0.2, -0.15) is 4.98 Å². The average molecular weight is 346 g/mol. The van der Waals surface area contributed by atoms with Crippen LogP contribution in [0.2, 0.25) is 0 Å². The number of aromatic nitrogens is 2. The van der Waals surface area contributed by atoms with Gasteiger partial charge in [0.25, 0.3) is 0 Å². The number of methoxy groups -OCH3 is 1. The molecule has 0 radical (unpaired) electrons. The first kappa shape index (κ1) is 17.2. The number of rotatable bonds is 6. The van der Waals surface area contributed by atoms with Crippen molar-refractivity contribution in [3.05, 3.63) is 24.1 Å². The molecule has 1 aromatic carbocycles. The van der Waals surface area contributed by atoms with E-state index in [4.69, 9.17) is 14.0 Å². The molecule has 8 nitrogen and oxygen atoms in total. The molecule has 25 heavy (non-hydrogen) atoms. The van der Waals surface area contributed by atoms with Gasteiger partial charge in [-0.15, -0.1) is 0 Å². The molecule has 0 aliphatic carbocycles. The molecule has 1 fully saturated rings. The summed E-state index contributed by atoms with van der Waals surface area (Å²) in [4.78, 5) is 17.6. The predicted octanol–water partition coefficient (Wildman–Crippen LogP) is 1.64. The standard InChI is InChI=1S/C17H22N4O4/c1-4-7-24-13-6-5-11(8-14(13)23-3)16-19-17(25-20-16)12-10-21(2)15(22)9-18-12/h5-6,8,12,18H,4,7,9-10H2,1-3H3. The highest BCUT2D eigenvalue weighted by Gasteiger charge is 2.28. The van der Waals surface area contributed by atoms with Gasteiger partial charge in [-0.05, 0) is 24.6 Å². The molecule has 1 aliphatic rings. The summed E-state index contributed by atoms with van der Waals surface area (Å²) in [5.41, 5.74) is 0.774. The van der Waals surface area contributed by atoms with Crippen LogP contribution in [0, 0.1) is 0 Å². The summed E-state index contributed by atoms with van der Waals surface area (Å²) in [6, 6.07) is 5.36. The van der Waals surface area contributed by atoms with Gasteiger partial charge in [-0.1, -0.05) is 12.1 Å². The number of hydrogen-bond donors (Lipinski definition) is 1. The summed E-state index contributed by atoms with van der Waals surface area (Å²) in [6.45, 7) is 3.43. The van der Waals surface area contributed by atoms with Crippen LogP contribution in [0.25, 0.3) is 11.4 Å². The van der Waals surface area contributed by atoms with Crippen molar-refractivity contribution in [3.8, 4) is 22.9 Å². The Morgan fingerprint density at radius 2 is 2.24 bits per heavy atom. The molecule has 1 amide bonds. The Hall–Kier alpha value is -2.61. The number of ether oxygens (including phenoxy) is 2. The fraction of sp³-hybridized carbons (Fsp3) is 0.471. The van der Waals surface area contributed by atoms with E-state index in [-0.39, 0.29) is 18.5 Å². The van der Waals surface area contributed by atoms with Crippen LogP contribution in [-0.2, 0) is 4.79 Å². The maximum Gasteiger partial charge on any atom is 0.245 e. The molecule has 1 atom stereocenters. The van der Waals surface area contributed by atoms with Crippen LogP contribution in [0.3, 0.4) is 0 Å². The van der Waals surface area contributed by atoms with Crippen LogP contribution in [0.15, 0.2) is 22.7 Å². The quantitative estimate of drug-likeness (QED) is 0.850. The van der Waals surface area contributed by atoms with Crippen molar-refractivity contribution < 1.29 is 18.8 Å². The fourth-order valence-corrected chi connectivity index (χ4v) is 2.58. The van der Waals surface area contributed by atoms with Crippen LogP contribution in [0.4, 0.5) is 0 Å². The van der Waals surface area contributed by atoms with E-state index in [0.717, 1.165) is 12.0 Å². The van der Waals surface area contributed by atoms with Gasteiger partial charge < -0.3 is 18.9 Å².